The summed E-state index contributed by atoms with van der Waals surface area (Å²) in [6.45, 7) is 2.45. The van der Waals surface area contributed by atoms with Crippen molar-refractivity contribution < 1.29 is 22.4 Å². The molecule has 1 saturated heterocycles. The molecule has 19 heavy (non-hydrogen) atoms. The van der Waals surface area contributed by atoms with E-state index < -0.39 is 18.3 Å². The molecule has 0 bridgehead atoms. The third-order valence-electron chi connectivity index (χ3n) is 3.11. The van der Waals surface area contributed by atoms with Gasteiger partial charge in [-0.15, -0.1) is 0 Å². The van der Waals surface area contributed by atoms with Gasteiger partial charge in [0.25, 0.3) is 5.91 Å². The summed E-state index contributed by atoms with van der Waals surface area (Å²) < 4.78 is 50.3. The molecule has 0 unspecified atom stereocenters. The topological polar surface area (TPSA) is 49.6 Å². The first-order chi connectivity index (χ1) is 8.89. The fraction of sp³-hybridized carbons (Fsp3) is 0.909. The zero-order chi connectivity index (χ0) is 14.5. The molecule has 1 fully saturated rings. The van der Waals surface area contributed by atoms with E-state index in [1.165, 1.54) is 0 Å². The quantitative estimate of drug-likeness (QED) is 0.759. The Morgan fingerprint density at radius 1 is 1.21 bits per heavy atom. The van der Waals surface area contributed by atoms with E-state index >= 15 is 0 Å². The van der Waals surface area contributed by atoms with Gasteiger partial charge in [0.05, 0.1) is 0 Å². The predicted molar refractivity (Wildman–Crippen MR) is 62.3 cm³/mol. The summed E-state index contributed by atoms with van der Waals surface area (Å²) >= 11 is 0. The van der Waals surface area contributed by atoms with Crippen LogP contribution in [-0.4, -0.2) is 67.3 Å². The Morgan fingerprint density at radius 3 is 2.47 bits per heavy atom. The van der Waals surface area contributed by atoms with Crippen LogP contribution in [0.1, 0.15) is 12.8 Å². The van der Waals surface area contributed by atoms with Crippen molar-refractivity contribution in [1.82, 2.24) is 9.80 Å². The number of amides is 1. The standard InChI is InChI=1S/C11H19F4N3O/c12-9(13)11(14,15)10(19)18-6-2-5-17(7-8-18)4-1-3-16/h9H,1-8,16H2. The lowest BCUT2D eigenvalue weighted by Gasteiger charge is -2.25. The van der Waals surface area contributed by atoms with Gasteiger partial charge in [0.2, 0.25) is 0 Å². The van der Waals surface area contributed by atoms with E-state index in [-0.39, 0.29) is 13.1 Å². The highest BCUT2D eigenvalue weighted by Gasteiger charge is 2.51. The van der Waals surface area contributed by atoms with E-state index in [0.717, 1.165) is 17.9 Å². The molecule has 0 aromatic carbocycles. The Hall–Kier alpha value is -0.890. The van der Waals surface area contributed by atoms with Crippen LogP contribution in [0.15, 0.2) is 0 Å². The summed E-state index contributed by atoms with van der Waals surface area (Å²) in [5.41, 5.74) is 5.38. The molecular weight excluding hydrogens is 266 g/mol. The molecule has 0 atom stereocenters. The average molecular weight is 285 g/mol. The van der Waals surface area contributed by atoms with Crippen LogP contribution >= 0.6 is 0 Å². The summed E-state index contributed by atoms with van der Waals surface area (Å²) in [5, 5.41) is 0. The van der Waals surface area contributed by atoms with E-state index in [9.17, 15) is 22.4 Å². The highest BCUT2D eigenvalue weighted by Crippen LogP contribution is 2.25. The number of carbonyl (C=O) groups excluding carboxylic acids is 1. The van der Waals surface area contributed by atoms with Gasteiger partial charge in [-0.05, 0) is 32.5 Å². The molecule has 0 spiro atoms. The minimum atomic E-state index is -4.59. The second-order valence-electron chi connectivity index (χ2n) is 4.55. The number of alkyl halides is 4. The maximum absolute atomic E-state index is 13.0. The number of hydrogen-bond donors (Lipinski definition) is 1. The molecule has 1 aliphatic rings. The van der Waals surface area contributed by atoms with Gasteiger partial charge in [-0.25, -0.2) is 8.78 Å². The van der Waals surface area contributed by atoms with Gasteiger partial charge in [0.1, 0.15) is 0 Å². The second-order valence-corrected chi connectivity index (χ2v) is 4.55. The minimum Gasteiger partial charge on any atom is -0.336 e. The Morgan fingerprint density at radius 2 is 1.89 bits per heavy atom. The number of hydrogen-bond acceptors (Lipinski definition) is 3. The largest absolute Gasteiger partial charge is 0.383 e. The molecule has 8 heteroatoms. The van der Waals surface area contributed by atoms with Crippen molar-refractivity contribution in [3.05, 3.63) is 0 Å². The maximum Gasteiger partial charge on any atom is 0.383 e. The summed E-state index contributed by atoms with van der Waals surface area (Å²) in [6.07, 6.45) is -2.69. The van der Waals surface area contributed by atoms with Gasteiger partial charge < -0.3 is 15.5 Å². The lowest BCUT2D eigenvalue weighted by molar-refractivity contribution is -0.180. The van der Waals surface area contributed by atoms with Crippen molar-refractivity contribution in [3.8, 4) is 0 Å². The molecule has 0 aromatic rings. The maximum atomic E-state index is 13.0. The zero-order valence-corrected chi connectivity index (χ0v) is 10.6. The molecule has 1 aliphatic heterocycles. The molecule has 0 aromatic heterocycles. The van der Waals surface area contributed by atoms with Crippen LogP contribution < -0.4 is 5.73 Å². The molecule has 0 aliphatic carbocycles. The highest BCUT2D eigenvalue weighted by atomic mass is 19.3. The highest BCUT2D eigenvalue weighted by molar-refractivity contribution is 5.84. The number of rotatable bonds is 5. The monoisotopic (exact) mass is 285 g/mol. The molecule has 1 rings (SSSR count). The summed E-state index contributed by atoms with van der Waals surface area (Å²) in [5.74, 6) is -6.37. The first kappa shape index (κ1) is 16.2. The van der Waals surface area contributed by atoms with Crippen molar-refractivity contribution >= 4 is 5.91 Å². The van der Waals surface area contributed by atoms with E-state index in [4.69, 9.17) is 5.73 Å². The van der Waals surface area contributed by atoms with Gasteiger partial charge in [-0.2, -0.15) is 8.78 Å². The SMILES string of the molecule is NCCCN1CCCN(C(=O)C(F)(F)C(F)F)CC1. The summed E-state index contributed by atoms with van der Waals surface area (Å²) in [6, 6.07) is 0. The average Bonchev–Trinajstić information content (AvgIpc) is 2.60. The van der Waals surface area contributed by atoms with Crippen LogP contribution in [0.4, 0.5) is 17.6 Å². The van der Waals surface area contributed by atoms with Gasteiger partial charge >= 0.3 is 12.3 Å². The molecule has 0 saturated carbocycles. The van der Waals surface area contributed by atoms with Crippen molar-refractivity contribution in [1.29, 1.82) is 0 Å². The third kappa shape index (κ3) is 4.31. The molecule has 0 radical (unpaired) electrons. The van der Waals surface area contributed by atoms with Crippen molar-refractivity contribution in [3.63, 3.8) is 0 Å². The minimum absolute atomic E-state index is 0.0473. The Balaban J connectivity index is 2.55. The summed E-state index contributed by atoms with van der Waals surface area (Å²) in [4.78, 5) is 14.2. The second kappa shape index (κ2) is 7.04. The third-order valence-corrected chi connectivity index (χ3v) is 3.11. The van der Waals surface area contributed by atoms with Crippen LogP contribution in [-0.2, 0) is 4.79 Å². The van der Waals surface area contributed by atoms with E-state index in [1.807, 2.05) is 4.90 Å². The first-order valence-electron chi connectivity index (χ1n) is 6.27. The molecule has 4 nitrogen and oxygen atoms in total. The lowest BCUT2D eigenvalue weighted by Crippen LogP contribution is -2.48. The molecular formula is C11H19F4N3O. The van der Waals surface area contributed by atoms with Crippen LogP contribution in [0.5, 0.6) is 0 Å². The Labute approximate surface area is 109 Å². The van der Waals surface area contributed by atoms with E-state index in [1.54, 1.807) is 0 Å². The first-order valence-corrected chi connectivity index (χ1v) is 6.27. The molecule has 1 heterocycles. The van der Waals surface area contributed by atoms with Crippen LogP contribution in [0.3, 0.4) is 0 Å². The van der Waals surface area contributed by atoms with Crippen LogP contribution in [0.25, 0.3) is 0 Å². The fourth-order valence-electron chi connectivity index (χ4n) is 2.02. The molecule has 1 amide bonds. The van der Waals surface area contributed by atoms with Crippen LogP contribution in [0, 0.1) is 0 Å². The number of nitrogens with two attached hydrogens (primary N) is 1. The van der Waals surface area contributed by atoms with Gasteiger partial charge in [0.15, 0.2) is 0 Å². The van der Waals surface area contributed by atoms with Gasteiger partial charge in [-0.3, -0.25) is 4.79 Å². The number of halogens is 4. The van der Waals surface area contributed by atoms with Crippen molar-refractivity contribution in [2.24, 2.45) is 5.73 Å². The van der Waals surface area contributed by atoms with Gasteiger partial charge in [-0.1, -0.05) is 0 Å². The van der Waals surface area contributed by atoms with Crippen molar-refractivity contribution in [2.75, 3.05) is 39.3 Å². The molecule has 112 valence electrons. The fourth-order valence-corrected chi connectivity index (χ4v) is 2.02. The predicted octanol–water partition coefficient (Wildman–Crippen LogP) is 0.770. The number of nitrogens with zero attached hydrogens (tertiary/aromatic N) is 2. The smallest absolute Gasteiger partial charge is 0.336 e. The zero-order valence-electron chi connectivity index (χ0n) is 10.6. The number of carbonyl (C=O) groups is 1. The lowest BCUT2D eigenvalue weighted by atomic mass is 10.2. The van der Waals surface area contributed by atoms with E-state index in [0.29, 0.717) is 26.1 Å². The normalized spacial score (nSPS) is 18.7. The van der Waals surface area contributed by atoms with Gasteiger partial charge in [0, 0.05) is 19.6 Å². The Kier molecular flexibility index (Phi) is 5.99. The molecule has 2 N–H and O–H groups in total. The van der Waals surface area contributed by atoms with Crippen LogP contribution in [0.2, 0.25) is 0 Å². The van der Waals surface area contributed by atoms with E-state index in [2.05, 4.69) is 0 Å². The van der Waals surface area contributed by atoms with Crippen molar-refractivity contribution in [2.45, 2.75) is 25.2 Å². The Bertz CT molecular complexity index is 302. The summed E-state index contributed by atoms with van der Waals surface area (Å²) in [7, 11) is 0.